The van der Waals surface area contributed by atoms with E-state index in [-0.39, 0.29) is 23.6 Å². The fraction of sp³-hybridized carbons (Fsp3) is 0.688. The van der Waals surface area contributed by atoms with Crippen molar-refractivity contribution in [3.05, 3.63) is 17.8 Å². The second-order valence-corrected chi connectivity index (χ2v) is 6.03. The largest absolute Gasteiger partial charge is 0.464 e. The number of hydrogen-bond acceptors (Lipinski definition) is 5. The van der Waals surface area contributed by atoms with E-state index in [1.807, 2.05) is 18.7 Å². The summed E-state index contributed by atoms with van der Waals surface area (Å²) in [6.07, 6.45) is 6.83. The third-order valence-electron chi connectivity index (χ3n) is 4.04. The van der Waals surface area contributed by atoms with E-state index < -0.39 is 5.97 Å². The average molecular weight is 308 g/mol. The molecule has 6 heteroatoms. The number of carbonyl (C=O) groups is 2. The van der Waals surface area contributed by atoms with Gasteiger partial charge in [0.1, 0.15) is 6.26 Å². The SMILES string of the molecule is COC(=O)c1coc(CN(C(=O)C(C)C)C2CCCCC2)n1. The highest BCUT2D eigenvalue weighted by molar-refractivity contribution is 5.86. The second-order valence-electron chi connectivity index (χ2n) is 6.03. The molecule has 0 saturated heterocycles. The summed E-state index contributed by atoms with van der Waals surface area (Å²) in [6.45, 7) is 4.10. The molecule has 0 radical (unpaired) electrons. The van der Waals surface area contributed by atoms with Gasteiger partial charge in [0, 0.05) is 12.0 Å². The van der Waals surface area contributed by atoms with Crippen LogP contribution in [0.5, 0.6) is 0 Å². The summed E-state index contributed by atoms with van der Waals surface area (Å²) in [5.74, 6) is -0.129. The van der Waals surface area contributed by atoms with E-state index in [1.165, 1.54) is 19.8 Å². The van der Waals surface area contributed by atoms with Crippen molar-refractivity contribution in [3.63, 3.8) is 0 Å². The average Bonchev–Trinajstić information content (AvgIpc) is 3.00. The van der Waals surface area contributed by atoms with Crippen LogP contribution in [-0.2, 0) is 16.1 Å². The van der Waals surface area contributed by atoms with Crippen LogP contribution in [0.25, 0.3) is 0 Å². The van der Waals surface area contributed by atoms with E-state index in [0.717, 1.165) is 25.7 Å². The van der Waals surface area contributed by atoms with Crippen LogP contribution in [0.4, 0.5) is 0 Å². The highest BCUT2D eigenvalue weighted by Crippen LogP contribution is 2.25. The first-order valence-corrected chi connectivity index (χ1v) is 7.86. The van der Waals surface area contributed by atoms with Crippen molar-refractivity contribution in [2.75, 3.05) is 7.11 Å². The first-order valence-electron chi connectivity index (χ1n) is 7.86. The molecule has 0 atom stereocenters. The third-order valence-corrected chi connectivity index (χ3v) is 4.04. The maximum Gasteiger partial charge on any atom is 0.360 e. The third kappa shape index (κ3) is 3.87. The number of amides is 1. The lowest BCUT2D eigenvalue weighted by Crippen LogP contribution is -2.43. The lowest BCUT2D eigenvalue weighted by molar-refractivity contribution is -0.138. The number of aromatic nitrogens is 1. The number of carbonyl (C=O) groups excluding carboxylic acids is 2. The Morgan fingerprint density at radius 2 is 2.05 bits per heavy atom. The minimum atomic E-state index is -0.533. The number of oxazole rings is 1. The lowest BCUT2D eigenvalue weighted by atomic mass is 9.93. The highest BCUT2D eigenvalue weighted by atomic mass is 16.5. The van der Waals surface area contributed by atoms with E-state index in [0.29, 0.717) is 12.4 Å². The van der Waals surface area contributed by atoms with Crippen molar-refractivity contribution in [3.8, 4) is 0 Å². The molecule has 6 nitrogen and oxygen atoms in total. The Kier molecular flexibility index (Phi) is 5.57. The van der Waals surface area contributed by atoms with Crippen LogP contribution in [0.1, 0.15) is 62.3 Å². The topological polar surface area (TPSA) is 72.6 Å². The molecular formula is C16H24N2O4. The van der Waals surface area contributed by atoms with Gasteiger partial charge in [-0.05, 0) is 12.8 Å². The van der Waals surface area contributed by atoms with Gasteiger partial charge in [-0.15, -0.1) is 0 Å². The van der Waals surface area contributed by atoms with Gasteiger partial charge in [0.15, 0.2) is 5.69 Å². The van der Waals surface area contributed by atoms with Crippen molar-refractivity contribution in [1.29, 1.82) is 0 Å². The van der Waals surface area contributed by atoms with E-state index in [2.05, 4.69) is 9.72 Å². The van der Waals surface area contributed by atoms with E-state index in [9.17, 15) is 9.59 Å². The van der Waals surface area contributed by atoms with Crippen molar-refractivity contribution < 1.29 is 18.7 Å². The highest BCUT2D eigenvalue weighted by Gasteiger charge is 2.28. The molecule has 1 saturated carbocycles. The van der Waals surface area contributed by atoms with Gasteiger partial charge in [-0.3, -0.25) is 4.79 Å². The van der Waals surface area contributed by atoms with Crippen molar-refractivity contribution in [1.82, 2.24) is 9.88 Å². The normalized spacial score (nSPS) is 15.8. The van der Waals surface area contributed by atoms with Gasteiger partial charge in [0.2, 0.25) is 11.8 Å². The molecule has 1 amide bonds. The Morgan fingerprint density at radius 3 is 2.64 bits per heavy atom. The summed E-state index contributed by atoms with van der Waals surface area (Å²) in [6, 6.07) is 0.233. The lowest BCUT2D eigenvalue weighted by Gasteiger charge is -2.34. The predicted octanol–water partition coefficient (Wildman–Crippen LogP) is 2.78. The van der Waals surface area contributed by atoms with Gasteiger partial charge in [-0.25, -0.2) is 9.78 Å². The number of methoxy groups -OCH3 is 1. The number of ether oxygens (including phenoxy) is 1. The van der Waals surface area contributed by atoms with Gasteiger partial charge >= 0.3 is 5.97 Å². The molecule has 1 aromatic rings. The van der Waals surface area contributed by atoms with Crippen LogP contribution in [0.3, 0.4) is 0 Å². The van der Waals surface area contributed by atoms with Crippen LogP contribution >= 0.6 is 0 Å². The molecule has 0 N–H and O–H groups in total. The van der Waals surface area contributed by atoms with Gasteiger partial charge in [0.05, 0.1) is 13.7 Å². The van der Waals surface area contributed by atoms with E-state index in [4.69, 9.17) is 4.42 Å². The summed E-state index contributed by atoms with van der Waals surface area (Å²) in [4.78, 5) is 29.9. The molecule has 1 aliphatic carbocycles. The Balaban J connectivity index is 2.13. The Morgan fingerprint density at radius 1 is 1.36 bits per heavy atom. The maximum absolute atomic E-state index is 12.5. The zero-order chi connectivity index (χ0) is 16.1. The van der Waals surface area contributed by atoms with E-state index >= 15 is 0 Å². The number of esters is 1. The molecule has 0 aliphatic heterocycles. The molecule has 0 bridgehead atoms. The summed E-state index contributed by atoms with van der Waals surface area (Å²) < 4.78 is 9.95. The van der Waals surface area contributed by atoms with Gasteiger partial charge in [-0.2, -0.15) is 0 Å². The predicted molar refractivity (Wildman–Crippen MR) is 80.1 cm³/mol. The van der Waals surface area contributed by atoms with Gasteiger partial charge in [0.25, 0.3) is 0 Å². The molecular weight excluding hydrogens is 284 g/mol. The summed E-state index contributed by atoms with van der Waals surface area (Å²) in [5.41, 5.74) is 0.137. The van der Waals surface area contributed by atoms with Crippen molar-refractivity contribution in [2.45, 2.75) is 58.5 Å². The van der Waals surface area contributed by atoms with Crippen LogP contribution in [0.2, 0.25) is 0 Å². The molecule has 1 aromatic heterocycles. The fourth-order valence-electron chi connectivity index (χ4n) is 2.84. The first kappa shape index (κ1) is 16.5. The van der Waals surface area contributed by atoms with Crippen molar-refractivity contribution >= 4 is 11.9 Å². The Bertz CT molecular complexity index is 518. The Hall–Kier alpha value is -1.85. The van der Waals surface area contributed by atoms with E-state index in [1.54, 1.807) is 0 Å². The van der Waals surface area contributed by atoms with Gasteiger partial charge in [-0.1, -0.05) is 33.1 Å². The zero-order valence-electron chi connectivity index (χ0n) is 13.5. The van der Waals surface area contributed by atoms with Gasteiger partial charge < -0.3 is 14.1 Å². The van der Waals surface area contributed by atoms with Crippen LogP contribution in [0.15, 0.2) is 10.7 Å². The number of nitrogens with zero attached hydrogens (tertiary/aromatic N) is 2. The summed E-state index contributed by atoms with van der Waals surface area (Å²) >= 11 is 0. The Labute approximate surface area is 130 Å². The molecule has 1 aliphatic rings. The fourth-order valence-corrected chi connectivity index (χ4v) is 2.84. The zero-order valence-corrected chi connectivity index (χ0v) is 13.5. The molecule has 122 valence electrons. The molecule has 0 unspecified atom stereocenters. The molecule has 0 spiro atoms. The smallest absolute Gasteiger partial charge is 0.360 e. The molecule has 1 fully saturated rings. The number of rotatable bonds is 5. The van der Waals surface area contributed by atoms with Crippen LogP contribution in [-0.4, -0.2) is 34.9 Å². The molecule has 2 rings (SSSR count). The minimum absolute atomic E-state index is 0.0723. The minimum Gasteiger partial charge on any atom is -0.464 e. The van der Waals surface area contributed by atoms with Crippen LogP contribution < -0.4 is 0 Å². The maximum atomic E-state index is 12.5. The summed E-state index contributed by atoms with van der Waals surface area (Å²) in [5, 5.41) is 0. The van der Waals surface area contributed by atoms with Crippen LogP contribution in [0, 0.1) is 5.92 Å². The monoisotopic (exact) mass is 308 g/mol. The standard InChI is InChI=1S/C16H24N2O4/c1-11(2)15(19)18(12-7-5-4-6-8-12)9-14-17-13(10-22-14)16(20)21-3/h10-12H,4-9H2,1-3H3. The first-order chi connectivity index (χ1) is 10.5. The number of hydrogen-bond donors (Lipinski definition) is 0. The molecule has 1 heterocycles. The van der Waals surface area contributed by atoms with Crippen molar-refractivity contribution in [2.24, 2.45) is 5.92 Å². The molecule has 22 heavy (non-hydrogen) atoms. The second kappa shape index (κ2) is 7.42. The quantitative estimate of drug-likeness (QED) is 0.782. The summed E-state index contributed by atoms with van der Waals surface area (Å²) in [7, 11) is 1.30. The molecule has 0 aromatic carbocycles.